The molecule has 0 heterocycles. The lowest BCUT2D eigenvalue weighted by molar-refractivity contribution is -0.107. The third kappa shape index (κ3) is 9.17. The molecule has 104 valence electrons. The maximum Gasteiger partial charge on any atom is 0.401 e. The molecule has 0 aromatic heterocycles. The van der Waals surface area contributed by atoms with Gasteiger partial charge in [0.25, 0.3) is 0 Å². The summed E-state index contributed by atoms with van der Waals surface area (Å²) in [5.41, 5.74) is 0. The van der Waals surface area contributed by atoms with E-state index in [0.29, 0.717) is 0 Å². The van der Waals surface area contributed by atoms with E-state index >= 15 is 0 Å². The minimum absolute atomic E-state index is 1.62. The molecule has 0 rings (SSSR count). The molecule has 0 aromatic rings. The first-order valence-corrected chi connectivity index (χ1v) is 6.67. The smallest absolute Gasteiger partial charge is 0.401 e. The van der Waals surface area contributed by atoms with Crippen LogP contribution in [0.25, 0.3) is 4.13 Å². The molecule has 0 N–H and O–H groups in total. The quantitative estimate of drug-likeness (QED) is 0.729. The normalized spacial score (nSPS) is 14.9. The van der Waals surface area contributed by atoms with Gasteiger partial charge in [-0.25, -0.2) is 16.8 Å². The van der Waals surface area contributed by atoms with E-state index in [1.165, 1.54) is 0 Å². The highest BCUT2D eigenvalue weighted by molar-refractivity contribution is 8.12. The predicted octanol–water partition coefficient (Wildman–Crippen LogP) is 1.14. The van der Waals surface area contributed by atoms with Crippen molar-refractivity contribution >= 4 is 20.0 Å². The lowest BCUT2D eigenvalue weighted by atomic mass is 10.8. The first-order valence-electron chi connectivity index (χ1n) is 3.45. The summed E-state index contributed by atoms with van der Waals surface area (Å²) in [6.45, 7) is 0. The molecule has 0 aromatic carbocycles. The lowest BCUT2D eigenvalue weighted by Crippen LogP contribution is -2.27. The summed E-state index contributed by atoms with van der Waals surface area (Å²) in [7, 11) is -11.1. The Morgan fingerprint density at radius 3 is 1.12 bits per heavy atom. The Morgan fingerprint density at radius 1 is 0.706 bits per heavy atom. The van der Waals surface area contributed by atoms with Gasteiger partial charge in [-0.2, -0.15) is 26.3 Å². The fourth-order valence-electron chi connectivity index (χ4n) is 0.639. The van der Waals surface area contributed by atoms with E-state index in [1.54, 1.807) is 4.13 Å². The van der Waals surface area contributed by atoms with Crippen molar-refractivity contribution in [3.8, 4) is 0 Å². The standard InChI is InChI=1S/C4H4F6NO4S2/c5-3(6,7)1-16(12,13)11-17(14,15)2-4(8,9)10/h1-2H2/q-1. The summed E-state index contributed by atoms with van der Waals surface area (Å²) in [4.78, 5) is 0. The number of rotatable bonds is 4. The van der Waals surface area contributed by atoms with Crippen molar-refractivity contribution in [3.63, 3.8) is 0 Å². The summed E-state index contributed by atoms with van der Waals surface area (Å²) in [6.07, 6.45) is -10.6. The molecule has 0 fully saturated rings. The maximum atomic E-state index is 11.6. The number of nitrogens with zero attached hydrogens (tertiary/aromatic N) is 1. The Hall–Kier alpha value is -0.560. The van der Waals surface area contributed by atoms with Crippen LogP contribution in [0.15, 0.2) is 0 Å². The van der Waals surface area contributed by atoms with Gasteiger partial charge in [-0.1, -0.05) is 0 Å². The topological polar surface area (TPSA) is 82.4 Å². The van der Waals surface area contributed by atoms with Crippen molar-refractivity contribution in [2.75, 3.05) is 11.5 Å². The fourth-order valence-corrected chi connectivity index (χ4v) is 3.27. The van der Waals surface area contributed by atoms with Gasteiger partial charge in [-0.05, 0) is 0 Å². The number of sulfonamides is 2. The highest BCUT2D eigenvalue weighted by Gasteiger charge is 2.35. The van der Waals surface area contributed by atoms with Crippen molar-refractivity contribution in [2.45, 2.75) is 12.4 Å². The molecule has 0 aliphatic carbocycles. The minimum atomic E-state index is -5.56. The summed E-state index contributed by atoms with van der Waals surface area (Å²) in [5, 5.41) is 0. The molecular weight excluding hydrogens is 304 g/mol. The Labute approximate surface area is 91.9 Å². The van der Waals surface area contributed by atoms with Gasteiger partial charge < -0.3 is 4.13 Å². The number of halogens is 6. The minimum Gasteiger partial charge on any atom is -0.436 e. The monoisotopic (exact) mass is 308 g/mol. The Bertz CT molecular complexity index is 415. The number of hydrogen-bond donors (Lipinski definition) is 0. The summed E-state index contributed by atoms with van der Waals surface area (Å²) < 4.78 is 113. The van der Waals surface area contributed by atoms with E-state index in [1.807, 2.05) is 0 Å². The van der Waals surface area contributed by atoms with E-state index in [2.05, 4.69) is 0 Å². The van der Waals surface area contributed by atoms with Crippen LogP contribution in [0, 0.1) is 0 Å². The zero-order valence-corrected chi connectivity index (χ0v) is 9.21. The molecule has 0 aliphatic rings. The van der Waals surface area contributed by atoms with Gasteiger partial charge >= 0.3 is 12.4 Å². The van der Waals surface area contributed by atoms with E-state index in [9.17, 15) is 43.2 Å². The predicted molar refractivity (Wildman–Crippen MR) is 43.0 cm³/mol. The highest BCUT2D eigenvalue weighted by Crippen LogP contribution is 2.25. The van der Waals surface area contributed by atoms with Crippen LogP contribution in [0.4, 0.5) is 26.3 Å². The summed E-state index contributed by atoms with van der Waals surface area (Å²) >= 11 is 0. The highest BCUT2D eigenvalue weighted by atomic mass is 32.3. The average molecular weight is 308 g/mol. The van der Waals surface area contributed by atoms with E-state index in [4.69, 9.17) is 0 Å². The van der Waals surface area contributed by atoms with Crippen LogP contribution in [0.1, 0.15) is 0 Å². The van der Waals surface area contributed by atoms with Gasteiger partial charge in [0.15, 0.2) is 0 Å². The number of alkyl halides is 6. The lowest BCUT2D eigenvalue weighted by Gasteiger charge is -2.21. The summed E-state index contributed by atoms with van der Waals surface area (Å²) in [5.74, 6) is -5.28. The SMILES string of the molecule is O=S(=O)(CC(F)(F)F)[N-]S(=O)(=O)CC(F)(F)F. The van der Waals surface area contributed by atoms with Gasteiger partial charge in [-0.15, -0.1) is 0 Å². The van der Waals surface area contributed by atoms with Gasteiger partial charge in [0, 0.05) is 0 Å². The first-order chi connectivity index (χ1) is 7.12. The molecule has 17 heavy (non-hydrogen) atoms. The van der Waals surface area contributed by atoms with Crippen LogP contribution >= 0.6 is 0 Å². The maximum absolute atomic E-state index is 11.6. The largest absolute Gasteiger partial charge is 0.436 e. The van der Waals surface area contributed by atoms with Crippen LogP contribution in [0.5, 0.6) is 0 Å². The molecule has 0 atom stereocenters. The van der Waals surface area contributed by atoms with Crippen molar-refractivity contribution in [3.05, 3.63) is 4.13 Å². The fraction of sp³-hybridized carbons (Fsp3) is 1.00. The molecule has 0 saturated heterocycles. The van der Waals surface area contributed by atoms with Gasteiger partial charge in [0.2, 0.25) is 0 Å². The van der Waals surface area contributed by atoms with Crippen LogP contribution in [0.3, 0.4) is 0 Å². The Kier molecular flexibility index (Phi) is 4.45. The molecule has 0 saturated carbocycles. The molecule has 0 amide bonds. The van der Waals surface area contributed by atoms with Crippen molar-refractivity contribution < 1.29 is 43.2 Å². The number of hydrogen-bond acceptors (Lipinski definition) is 4. The van der Waals surface area contributed by atoms with E-state index in [0.717, 1.165) is 0 Å². The molecule has 5 nitrogen and oxygen atoms in total. The second kappa shape index (κ2) is 4.61. The molecule has 0 aliphatic heterocycles. The first kappa shape index (κ1) is 16.4. The third-order valence-corrected chi connectivity index (χ3v) is 4.12. The van der Waals surface area contributed by atoms with Crippen LogP contribution in [0.2, 0.25) is 0 Å². The summed E-state index contributed by atoms with van der Waals surface area (Å²) in [6, 6.07) is 0. The van der Waals surface area contributed by atoms with Crippen molar-refractivity contribution in [1.82, 2.24) is 0 Å². The van der Waals surface area contributed by atoms with Gasteiger partial charge in [-0.3, -0.25) is 0 Å². The van der Waals surface area contributed by atoms with Crippen LogP contribution in [-0.4, -0.2) is 40.7 Å². The van der Waals surface area contributed by atoms with Crippen LogP contribution < -0.4 is 0 Å². The molecule has 0 bridgehead atoms. The molecule has 0 spiro atoms. The Balaban J connectivity index is 4.86. The van der Waals surface area contributed by atoms with E-state index in [-0.39, 0.29) is 0 Å². The second-order valence-corrected chi connectivity index (χ2v) is 6.26. The molecule has 0 radical (unpaired) electrons. The van der Waals surface area contributed by atoms with Crippen molar-refractivity contribution in [2.24, 2.45) is 0 Å². The zero-order valence-electron chi connectivity index (χ0n) is 7.58. The van der Waals surface area contributed by atoms with Crippen molar-refractivity contribution in [1.29, 1.82) is 0 Å². The van der Waals surface area contributed by atoms with E-state index < -0.39 is 43.9 Å². The average Bonchev–Trinajstić information content (AvgIpc) is 1.65. The van der Waals surface area contributed by atoms with Crippen LogP contribution in [-0.2, 0) is 20.0 Å². The molecule has 0 unspecified atom stereocenters. The van der Waals surface area contributed by atoms with Gasteiger partial charge in [0.1, 0.15) is 11.5 Å². The molecule has 13 heteroatoms. The van der Waals surface area contributed by atoms with Gasteiger partial charge in [0.05, 0.1) is 20.0 Å². The zero-order chi connectivity index (χ0) is 14.1. The second-order valence-electron chi connectivity index (χ2n) is 2.76. The molecular formula is C4H4F6NO4S2-. The Morgan fingerprint density at radius 2 is 0.941 bits per heavy atom. The third-order valence-electron chi connectivity index (χ3n) is 0.919.